The van der Waals surface area contributed by atoms with Crippen molar-refractivity contribution >= 4 is 5.78 Å². The van der Waals surface area contributed by atoms with Gasteiger partial charge in [0.25, 0.3) is 0 Å². The van der Waals surface area contributed by atoms with Gasteiger partial charge in [0, 0.05) is 26.7 Å². The smallest absolute Gasteiger partial charge is 0.164 e. The van der Waals surface area contributed by atoms with Crippen LogP contribution in [0.25, 0.3) is 0 Å². The molecule has 0 N–H and O–H groups in total. The fourth-order valence-electron chi connectivity index (χ4n) is 2.68. The third kappa shape index (κ3) is 4.40. The molecule has 0 amide bonds. The van der Waals surface area contributed by atoms with E-state index in [1.807, 2.05) is 6.92 Å². The van der Waals surface area contributed by atoms with Crippen LogP contribution in [0.3, 0.4) is 0 Å². The fraction of sp³-hybridized carbons (Fsp3) is 0.929. The largest absolute Gasteiger partial charge is 0.385 e. The molecule has 0 atom stereocenters. The molecule has 1 saturated carbocycles. The zero-order chi connectivity index (χ0) is 12.6. The van der Waals surface area contributed by atoms with Crippen molar-refractivity contribution in [2.24, 2.45) is 0 Å². The molecule has 3 heteroatoms. The van der Waals surface area contributed by atoms with Gasteiger partial charge in [0.2, 0.25) is 0 Å². The highest BCUT2D eigenvalue weighted by Crippen LogP contribution is 2.32. The van der Waals surface area contributed by atoms with Gasteiger partial charge in [-0.05, 0) is 26.2 Å². The maximum Gasteiger partial charge on any atom is 0.164 e. The maximum absolute atomic E-state index is 12.4. The first-order valence-electron chi connectivity index (χ1n) is 6.91. The van der Waals surface area contributed by atoms with Crippen molar-refractivity contribution < 1.29 is 14.3 Å². The summed E-state index contributed by atoms with van der Waals surface area (Å²) < 4.78 is 10.9. The normalized spacial score (nSPS) is 19.9. The van der Waals surface area contributed by atoms with E-state index < -0.39 is 5.60 Å². The van der Waals surface area contributed by atoms with Gasteiger partial charge >= 0.3 is 0 Å². The third-order valence-electron chi connectivity index (χ3n) is 3.59. The van der Waals surface area contributed by atoms with Crippen molar-refractivity contribution in [3.05, 3.63) is 0 Å². The van der Waals surface area contributed by atoms with Crippen molar-refractivity contribution in [3.63, 3.8) is 0 Å². The van der Waals surface area contributed by atoms with E-state index in [4.69, 9.17) is 9.47 Å². The highest BCUT2D eigenvalue weighted by atomic mass is 16.5. The second-order valence-electron chi connectivity index (χ2n) is 4.86. The second kappa shape index (κ2) is 7.83. The number of ether oxygens (including phenoxy) is 2. The molecular formula is C14H26O3. The van der Waals surface area contributed by atoms with Crippen LogP contribution in [0.15, 0.2) is 0 Å². The molecule has 1 aliphatic rings. The average molecular weight is 242 g/mol. The molecule has 0 saturated heterocycles. The Kier molecular flexibility index (Phi) is 6.75. The maximum atomic E-state index is 12.4. The minimum atomic E-state index is -0.473. The SMILES string of the molecule is CCOC1(C(=O)CCCOC)CCCCCC1. The van der Waals surface area contributed by atoms with Crippen molar-refractivity contribution in [1.82, 2.24) is 0 Å². The molecule has 0 bridgehead atoms. The molecule has 0 aromatic heterocycles. The topological polar surface area (TPSA) is 35.5 Å². The van der Waals surface area contributed by atoms with Gasteiger partial charge in [0.15, 0.2) is 5.78 Å². The highest BCUT2D eigenvalue weighted by molar-refractivity contribution is 5.87. The number of carbonyl (C=O) groups excluding carboxylic acids is 1. The summed E-state index contributed by atoms with van der Waals surface area (Å²) in [6.07, 6.45) is 7.93. The lowest BCUT2D eigenvalue weighted by Crippen LogP contribution is -2.41. The van der Waals surface area contributed by atoms with Gasteiger partial charge in [-0.25, -0.2) is 0 Å². The van der Waals surface area contributed by atoms with E-state index in [-0.39, 0.29) is 0 Å². The van der Waals surface area contributed by atoms with E-state index in [0.717, 1.165) is 32.1 Å². The van der Waals surface area contributed by atoms with Crippen LogP contribution in [-0.2, 0) is 14.3 Å². The summed E-state index contributed by atoms with van der Waals surface area (Å²) in [5, 5.41) is 0. The van der Waals surface area contributed by atoms with Gasteiger partial charge < -0.3 is 9.47 Å². The van der Waals surface area contributed by atoms with Crippen LogP contribution < -0.4 is 0 Å². The van der Waals surface area contributed by atoms with Crippen LogP contribution in [0.2, 0.25) is 0 Å². The van der Waals surface area contributed by atoms with Crippen LogP contribution in [0.4, 0.5) is 0 Å². The molecule has 0 aromatic carbocycles. The van der Waals surface area contributed by atoms with E-state index in [2.05, 4.69) is 0 Å². The lowest BCUT2D eigenvalue weighted by molar-refractivity contribution is -0.146. The number of rotatable bonds is 7. The molecule has 0 radical (unpaired) electrons. The fourth-order valence-corrected chi connectivity index (χ4v) is 2.68. The molecule has 100 valence electrons. The highest BCUT2D eigenvalue weighted by Gasteiger charge is 2.38. The standard InChI is InChI=1S/C14H26O3/c1-3-17-14(10-6-4-5-7-11-14)13(15)9-8-12-16-2/h3-12H2,1-2H3. The number of ketones is 1. The summed E-state index contributed by atoms with van der Waals surface area (Å²) in [5.41, 5.74) is -0.473. The van der Waals surface area contributed by atoms with Gasteiger partial charge in [0.05, 0.1) is 0 Å². The van der Waals surface area contributed by atoms with E-state index in [1.165, 1.54) is 12.8 Å². The number of hydrogen-bond donors (Lipinski definition) is 0. The summed E-state index contributed by atoms with van der Waals surface area (Å²) in [4.78, 5) is 12.4. The predicted molar refractivity (Wildman–Crippen MR) is 68.2 cm³/mol. The predicted octanol–water partition coefficient (Wildman–Crippen LogP) is 3.11. The quantitative estimate of drug-likeness (QED) is 0.508. The van der Waals surface area contributed by atoms with Gasteiger partial charge in [-0.2, -0.15) is 0 Å². The molecule has 0 aliphatic heterocycles. The van der Waals surface area contributed by atoms with Crippen LogP contribution in [0.5, 0.6) is 0 Å². The first-order valence-corrected chi connectivity index (χ1v) is 6.91. The Morgan fingerprint density at radius 1 is 1.18 bits per heavy atom. The molecule has 1 fully saturated rings. The summed E-state index contributed by atoms with van der Waals surface area (Å²) in [5.74, 6) is 0.290. The van der Waals surface area contributed by atoms with Crippen LogP contribution >= 0.6 is 0 Å². The minimum absolute atomic E-state index is 0.290. The van der Waals surface area contributed by atoms with Gasteiger partial charge in [-0.1, -0.05) is 25.7 Å². The Morgan fingerprint density at radius 3 is 2.35 bits per heavy atom. The second-order valence-corrected chi connectivity index (χ2v) is 4.86. The molecule has 0 spiro atoms. The van der Waals surface area contributed by atoms with Gasteiger partial charge in [-0.3, -0.25) is 4.79 Å². The van der Waals surface area contributed by atoms with Crippen molar-refractivity contribution in [2.75, 3.05) is 20.3 Å². The molecule has 0 unspecified atom stereocenters. The lowest BCUT2D eigenvalue weighted by atomic mass is 9.87. The van der Waals surface area contributed by atoms with E-state index in [0.29, 0.717) is 25.4 Å². The first kappa shape index (κ1) is 14.7. The van der Waals surface area contributed by atoms with Gasteiger partial charge in [0.1, 0.15) is 5.60 Å². The zero-order valence-corrected chi connectivity index (χ0v) is 11.3. The summed E-state index contributed by atoms with van der Waals surface area (Å²) >= 11 is 0. The van der Waals surface area contributed by atoms with Crippen LogP contribution in [0, 0.1) is 0 Å². The van der Waals surface area contributed by atoms with Gasteiger partial charge in [-0.15, -0.1) is 0 Å². The summed E-state index contributed by atoms with van der Waals surface area (Å²) in [7, 11) is 1.68. The Balaban J connectivity index is 2.57. The van der Waals surface area contributed by atoms with Crippen molar-refractivity contribution in [1.29, 1.82) is 0 Å². The van der Waals surface area contributed by atoms with Crippen LogP contribution in [-0.4, -0.2) is 31.7 Å². The average Bonchev–Trinajstić information content (AvgIpc) is 2.56. The molecule has 1 rings (SSSR count). The molecule has 0 heterocycles. The van der Waals surface area contributed by atoms with E-state index in [9.17, 15) is 4.79 Å². The van der Waals surface area contributed by atoms with Crippen molar-refractivity contribution in [3.8, 4) is 0 Å². The van der Waals surface area contributed by atoms with E-state index in [1.54, 1.807) is 7.11 Å². The summed E-state index contributed by atoms with van der Waals surface area (Å²) in [6.45, 7) is 3.28. The number of Topliss-reactive ketones (excluding diaryl/α,β-unsaturated/α-hetero) is 1. The first-order chi connectivity index (χ1) is 8.25. The lowest BCUT2D eigenvalue weighted by Gasteiger charge is -2.31. The third-order valence-corrected chi connectivity index (χ3v) is 3.59. The Morgan fingerprint density at radius 2 is 1.82 bits per heavy atom. The number of hydrogen-bond acceptors (Lipinski definition) is 3. The molecular weight excluding hydrogens is 216 g/mol. The number of carbonyl (C=O) groups is 1. The Hall–Kier alpha value is -0.410. The molecule has 17 heavy (non-hydrogen) atoms. The Labute approximate surface area is 105 Å². The monoisotopic (exact) mass is 242 g/mol. The van der Waals surface area contributed by atoms with Crippen LogP contribution in [0.1, 0.15) is 58.3 Å². The molecule has 3 nitrogen and oxygen atoms in total. The summed E-state index contributed by atoms with van der Waals surface area (Å²) in [6, 6.07) is 0. The van der Waals surface area contributed by atoms with E-state index >= 15 is 0 Å². The van der Waals surface area contributed by atoms with Crippen molar-refractivity contribution in [2.45, 2.75) is 63.9 Å². The molecule has 1 aliphatic carbocycles. The minimum Gasteiger partial charge on any atom is -0.385 e. The zero-order valence-electron chi connectivity index (χ0n) is 11.3. The number of methoxy groups -OCH3 is 1. The molecule has 0 aromatic rings. The Bertz CT molecular complexity index is 218.